The van der Waals surface area contributed by atoms with Crippen LogP contribution in [0.1, 0.15) is 36.1 Å². The summed E-state index contributed by atoms with van der Waals surface area (Å²) in [6.45, 7) is 4.98. The number of likely N-dealkylation sites (N-methyl/N-ethyl adjacent to an activating group) is 1. The minimum atomic E-state index is -0.387. The number of piperazine rings is 1. The Morgan fingerprint density at radius 3 is 2.84 bits per heavy atom. The molecule has 3 aliphatic heterocycles. The quantitative estimate of drug-likeness (QED) is 0.607. The van der Waals surface area contributed by atoms with E-state index in [-0.39, 0.29) is 25.2 Å². The SMILES string of the molecule is CN1CCC[C@H]1COc1nc2c(c(N3CCN(C(=O)OCc4ccccc4)[C@H](CC#N)C3)n1)CCNC2. The number of ether oxygens (including phenoxy) is 2. The fourth-order valence-electron chi connectivity index (χ4n) is 5.37. The molecule has 2 atom stereocenters. The standard InChI is InChI=1S/C27H35N7O3/c1-32-13-5-8-22(32)19-36-26-30-24-16-29-12-10-23(24)25(31-26)33-14-15-34(21(17-33)9-11-28)27(35)37-18-20-6-3-2-4-7-20/h2-4,6-7,21-22,29H,5,8-10,12-19H2,1H3/t21-,22+/m1/s1. The fraction of sp³-hybridized carbons (Fsp3) is 0.556. The van der Waals surface area contributed by atoms with Gasteiger partial charge in [-0.1, -0.05) is 30.3 Å². The van der Waals surface area contributed by atoms with Crippen molar-refractivity contribution >= 4 is 11.9 Å². The third-order valence-electron chi connectivity index (χ3n) is 7.52. The Morgan fingerprint density at radius 2 is 2.05 bits per heavy atom. The molecule has 1 aromatic heterocycles. The number of nitrogens with one attached hydrogen (secondary N) is 1. The van der Waals surface area contributed by atoms with Crippen LogP contribution >= 0.6 is 0 Å². The maximum Gasteiger partial charge on any atom is 0.410 e. The third kappa shape index (κ3) is 5.95. The molecule has 0 spiro atoms. The van der Waals surface area contributed by atoms with E-state index in [1.807, 2.05) is 30.3 Å². The average molecular weight is 506 g/mol. The van der Waals surface area contributed by atoms with Crippen molar-refractivity contribution in [2.75, 3.05) is 51.3 Å². The van der Waals surface area contributed by atoms with Gasteiger partial charge < -0.3 is 29.5 Å². The second-order valence-electron chi connectivity index (χ2n) is 9.97. The normalized spacial score (nSPS) is 21.8. The lowest BCUT2D eigenvalue weighted by Gasteiger charge is -2.41. The molecule has 10 nitrogen and oxygen atoms in total. The Morgan fingerprint density at radius 1 is 1.19 bits per heavy atom. The van der Waals surface area contributed by atoms with Gasteiger partial charge in [0.1, 0.15) is 19.0 Å². The minimum absolute atomic E-state index is 0.211. The van der Waals surface area contributed by atoms with Crippen molar-refractivity contribution in [2.45, 2.75) is 50.9 Å². The van der Waals surface area contributed by atoms with Crippen LogP contribution in [0.25, 0.3) is 0 Å². The van der Waals surface area contributed by atoms with Crippen molar-refractivity contribution < 1.29 is 14.3 Å². The molecule has 5 rings (SSSR count). The van der Waals surface area contributed by atoms with Crippen molar-refractivity contribution in [2.24, 2.45) is 0 Å². The summed E-state index contributed by atoms with van der Waals surface area (Å²) in [5.41, 5.74) is 3.02. The van der Waals surface area contributed by atoms with E-state index >= 15 is 0 Å². The van der Waals surface area contributed by atoms with Crippen LogP contribution in [0.5, 0.6) is 6.01 Å². The fourth-order valence-corrected chi connectivity index (χ4v) is 5.37. The van der Waals surface area contributed by atoms with Crippen molar-refractivity contribution in [3.05, 3.63) is 47.2 Å². The Bertz CT molecular complexity index is 1120. The lowest BCUT2D eigenvalue weighted by molar-refractivity contribution is 0.0767. The van der Waals surface area contributed by atoms with Crippen LogP contribution in [-0.2, 0) is 24.3 Å². The Hall–Kier alpha value is -3.42. The highest BCUT2D eigenvalue weighted by Gasteiger charge is 2.34. The summed E-state index contributed by atoms with van der Waals surface area (Å²) in [6.07, 6.45) is 2.97. The van der Waals surface area contributed by atoms with Gasteiger partial charge in [0.2, 0.25) is 0 Å². The molecule has 1 aromatic carbocycles. The number of carbonyl (C=O) groups is 1. The maximum absolute atomic E-state index is 12.9. The molecule has 2 saturated heterocycles. The number of benzene rings is 1. The molecule has 0 bridgehead atoms. The number of rotatable bonds is 7. The summed E-state index contributed by atoms with van der Waals surface area (Å²) in [5.74, 6) is 0.863. The number of nitriles is 1. The van der Waals surface area contributed by atoms with Crippen LogP contribution in [0.3, 0.4) is 0 Å². The zero-order valence-corrected chi connectivity index (χ0v) is 21.4. The van der Waals surface area contributed by atoms with E-state index in [1.165, 1.54) is 6.42 Å². The first-order chi connectivity index (χ1) is 18.1. The summed E-state index contributed by atoms with van der Waals surface area (Å²) < 4.78 is 11.7. The van der Waals surface area contributed by atoms with Gasteiger partial charge in [-0.15, -0.1) is 0 Å². The van der Waals surface area contributed by atoms with E-state index in [9.17, 15) is 10.1 Å². The van der Waals surface area contributed by atoms with E-state index in [4.69, 9.17) is 19.4 Å². The highest BCUT2D eigenvalue weighted by Crippen LogP contribution is 2.29. The molecule has 0 aliphatic carbocycles. The van der Waals surface area contributed by atoms with Crippen LogP contribution in [0.15, 0.2) is 30.3 Å². The van der Waals surface area contributed by atoms with E-state index in [1.54, 1.807) is 4.90 Å². The summed E-state index contributed by atoms with van der Waals surface area (Å²) in [4.78, 5) is 28.7. The summed E-state index contributed by atoms with van der Waals surface area (Å²) in [6, 6.07) is 12.4. The van der Waals surface area contributed by atoms with E-state index in [0.717, 1.165) is 48.6 Å². The predicted octanol–water partition coefficient (Wildman–Crippen LogP) is 2.34. The Labute approximate surface area is 218 Å². The number of hydrogen-bond acceptors (Lipinski definition) is 9. The molecule has 2 aromatic rings. The first-order valence-electron chi connectivity index (χ1n) is 13.1. The molecule has 4 heterocycles. The topological polar surface area (TPSA) is 107 Å². The molecule has 0 radical (unpaired) electrons. The molecule has 196 valence electrons. The number of nitrogens with zero attached hydrogens (tertiary/aromatic N) is 6. The minimum Gasteiger partial charge on any atom is -0.462 e. The molecular weight excluding hydrogens is 470 g/mol. The third-order valence-corrected chi connectivity index (χ3v) is 7.52. The van der Waals surface area contributed by atoms with Crippen molar-refractivity contribution in [3.63, 3.8) is 0 Å². The lowest BCUT2D eigenvalue weighted by Crippen LogP contribution is -2.55. The molecule has 0 saturated carbocycles. The highest BCUT2D eigenvalue weighted by molar-refractivity contribution is 5.69. The second kappa shape index (κ2) is 11.8. The number of carbonyl (C=O) groups excluding carboxylic acids is 1. The van der Waals surface area contributed by atoms with Crippen LogP contribution in [0.2, 0.25) is 0 Å². The summed E-state index contributed by atoms with van der Waals surface area (Å²) in [7, 11) is 2.13. The van der Waals surface area contributed by atoms with Gasteiger partial charge in [-0.05, 0) is 45.0 Å². The van der Waals surface area contributed by atoms with Gasteiger partial charge in [0, 0.05) is 37.8 Å². The maximum atomic E-state index is 12.9. The smallest absolute Gasteiger partial charge is 0.410 e. The molecular formula is C27H35N7O3. The van der Waals surface area contributed by atoms with Crippen molar-refractivity contribution in [1.29, 1.82) is 5.26 Å². The zero-order valence-electron chi connectivity index (χ0n) is 21.4. The van der Waals surface area contributed by atoms with Gasteiger partial charge >= 0.3 is 12.1 Å². The molecule has 3 aliphatic rings. The highest BCUT2D eigenvalue weighted by atomic mass is 16.6. The number of hydrogen-bond donors (Lipinski definition) is 1. The number of aromatic nitrogens is 2. The second-order valence-corrected chi connectivity index (χ2v) is 9.97. The van der Waals surface area contributed by atoms with E-state index in [0.29, 0.717) is 44.8 Å². The molecule has 2 fully saturated rings. The zero-order chi connectivity index (χ0) is 25.6. The molecule has 0 unspecified atom stereocenters. The molecule has 10 heteroatoms. The van der Waals surface area contributed by atoms with Crippen LogP contribution in [0, 0.1) is 11.3 Å². The first kappa shape index (κ1) is 25.2. The van der Waals surface area contributed by atoms with Gasteiger partial charge in [0.05, 0.1) is 24.2 Å². The van der Waals surface area contributed by atoms with Gasteiger partial charge in [-0.25, -0.2) is 4.79 Å². The number of anilines is 1. The number of amides is 1. The van der Waals surface area contributed by atoms with E-state index < -0.39 is 0 Å². The van der Waals surface area contributed by atoms with Crippen LogP contribution in [-0.4, -0.2) is 84.3 Å². The van der Waals surface area contributed by atoms with Gasteiger partial charge in [0.15, 0.2) is 0 Å². The predicted molar refractivity (Wildman–Crippen MR) is 138 cm³/mol. The largest absolute Gasteiger partial charge is 0.462 e. The van der Waals surface area contributed by atoms with Gasteiger partial charge in [0.25, 0.3) is 0 Å². The van der Waals surface area contributed by atoms with Gasteiger partial charge in [-0.2, -0.15) is 15.2 Å². The number of likely N-dealkylation sites (tertiary alicyclic amines) is 1. The van der Waals surface area contributed by atoms with Crippen molar-refractivity contribution in [1.82, 2.24) is 25.1 Å². The average Bonchev–Trinajstić information content (AvgIpc) is 3.35. The lowest BCUT2D eigenvalue weighted by atomic mass is 10.0. The van der Waals surface area contributed by atoms with Crippen LogP contribution in [0.4, 0.5) is 10.6 Å². The Kier molecular flexibility index (Phi) is 8.02. The molecule has 37 heavy (non-hydrogen) atoms. The summed E-state index contributed by atoms with van der Waals surface area (Å²) in [5, 5.41) is 12.9. The molecule has 1 N–H and O–H groups in total. The first-order valence-corrected chi connectivity index (χ1v) is 13.1. The summed E-state index contributed by atoms with van der Waals surface area (Å²) >= 11 is 0. The van der Waals surface area contributed by atoms with Crippen LogP contribution < -0.4 is 15.0 Å². The van der Waals surface area contributed by atoms with E-state index in [2.05, 4.69) is 28.2 Å². The monoisotopic (exact) mass is 505 g/mol. The number of fused-ring (bicyclic) bond motifs is 1. The molecule has 1 amide bonds. The Balaban J connectivity index is 1.30. The van der Waals surface area contributed by atoms with Gasteiger partial charge in [-0.3, -0.25) is 0 Å². The van der Waals surface area contributed by atoms with Crippen molar-refractivity contribution in [3.8, 4) is 12.1 Å².